The van der Waals surface area contributed by atoms with Crippen LogP contribution in [0.5, 0.6) is 0 Å². The predicted molar refractivity (Wildman–Crippen MR) is 93.4 cm³/mol. The molecular weight excluding hydrogens is 313 g/mol. The van der Waals surface area contributed by atoms with Crippen molar-refractivity contribution in [3.63, 3.8) is 0 Å². The number of nitrogens with two attached hydrogens (primary N) is 1. The van der Waals surface area contributed by atoms with Crippen molar-refractivity contribution in [2.75, 3.05) is 37.6 Å². The lowest BCUT2D eigenvalue weighted by molar-refractivity contribution is 0.190. The first kappa shape index (κ1) is 16.2. The molecule has 3 rings (SSSR count). The lowest BCUT2D eigenvalue weighted by Gasteiger charge is -2.40. The fourth-order valence-electron chi connectivity index (χ4n) is 3.15. The Hall–Kier alpha value is -1.62. The van der Waals surface area contributed by atoms with Gasteiger partial charge in [0.1, 0.15) is 5.82 Å². The molecule has 5 heteroatoms. The van der Waals surface area contributed by atoms with Crippen LogP contribution >= 0.6 is 11.6 Å². The molecule has 2 N–H and O–H groups in total. The van der Waals surface area contributed by atoms with Crippen molar-refractivity contribution in [2.45, 2.75) is 6.04 Å². The third-order valence-corrected chi connectivity index (χ3v) is 4.64. The smallest absolute Gasteiger partial charge is 0.123 e. The molecule has 0 bridgehead atoms. The van der Waals surface area contributed by atoms with Crippen LogP contribution in [0.3, 0.4) is 0 Å². The van der Waals surface area contributed by atoms with Gasteiger partial charge in [0.05, 0.1) is 0 Å². The van der Waals surface area contributed by atoms with E-state index in [2.05, 4.69) is 15.9 Å². The van der Waals surface area contributed by atoms with Gasteiger partial charge < -0.3 is 10.6 Å². The van der Waals surface area contributed by atoms with Crippen molar-refractivity contribution in [1.82, 2.24) is 4.90 Å². The van der Waals surface area contributed by atoms with Crippen LogP contribution in [-0.4, -0.2) is 37.6 Å². The van der Waals surface area contributed by atoms with Crippen LogP contribution in [0.4, 0.5) is 10.1 Å². The molecule has 23 heavy (non-hydrogen) atoms. The van der Waals surface area contributed by atoms with E-state index in [1.165, 1.54) is 12.1 Å². The fourth-order valence-corrected chi connectivity index (χ4v) is 3.35. The standard InChI is InChI=1S/C18H21ClFN3/c19-15-3-1-2-14(12-15)18(13-21)23-10-8-22(9-11-23)17-6-4-16(20)5-7-17/h1-7,12,18H,8-11,13,21H2. The molecule has 0 amide bonds. The highest BCUT2D eigenvalue weighted by molar-refractivity contribution is 6.30. The molecule has 122 valence electrons. The highest BCUT2D eigenvalue weighted by atomic mass is 35.5. The number of rotatable bonds is 4. The molecule has 0 spiro atoms. The number of nitrogens with zero attached hydrogens (tertiary/aromatic N) is 2. The molecule has 1 saturated heterocycles. The van der Waals surface area contributed by atoms with Gasteiger partial charge in [0, 0.05) is 49.5 Å². The van der Waals surface area contributed by atoms with Crippen molar-refractivity contribution in [1.29, 1.82) is 0 Å². The number of anilines is 1. The number of hydrogen-bond donors (Lipinski definition) is 1. The van der Waals surface area contributed by atoms with E-state index in [0.717, 1.165) is 42.5 Å². The Bertz CT molecular complexity index is 639. The molecule has 1 fully saturated rings. The van der Waals surface area contributed by atoms with Crippen molar-refractivity contribution in [2.24, 2.45) is 5.73 Å². The van der Waals surface area contributed by atoms with E-state index in [1.807, 2.05) is 30.3 Å². The third-order valence-electron chi connectivity index (χ3n) is 4.40. The van der Waals surface area contributed by atoms with E-state index in [0.29, 0.717) is 6.54 Å². The molecule has 3 nitrogen and oxygen atoms in total. The lowest BCUT2D eigenvalue weighted by Crippen LogP contribution is -2.49. The Labute approximate surface area is 141 Å². The van der Waals surface area contributed by atoms with Gasteiger partial charge in [0.2, 0.25) is 0 Å². The quantitative estimate of drug-likeness (QED) is 0.931. The lowest BCUT2D eigenvalue weighted by atomic mass is 10.0. The topological polar surface area (TPSA) is 32.5 Å². The number of halogens is 2. The van der Waals surface area contributed by atoms with E-state index in [4.69, 9.17) is 17.3 Å². The second-order valence-corrected chi connectivity index (χ2v) is 6.24. The fraction of sp³-hybridized carbons (Fsp3) is 0.333. The Morgan fingerprint density at radius 1 is 1.04 bits per heavy atom. The third kappa shape index (κ3) is 3.83. The first-order valence-electron chi connectivity index (χ1n) is 7.87. The van der Waals surface area contributed by atoms with Crippen molar-refractivity contribution in [3.05, 3.63) is 64.9 Å². The first-order chi connectivity index (χ1) is 11.2. The van der Waals surface area contributed by atoms with Crippen LogP contribution in [-0.2, 0) is 0 Å². The zero-order chi connectivity index (χ0) is 16.2. The van der Waals surface area contributed by atoms with Gasteiger partial charge in [0.15, 0.2) is 0 Å². The molecule has 1 aliphatic heterocycles. The van der Waals surface area contributed by atoms with Crippen molar-refractivity contribution in [3.8, 4) is 0 Å². The minimum absolute atomic E-state index is 0.184. The van der Waals surface area contributed by atoms with E-state index < -0.39 is 0 Å². The van der Waals surface area contributed by atoms with Crippen LogP contribution in [0, 0.1) is 5.82 Å². The predicted octanol–water partition coefficient (Wildman–Crippen LogP) is 3.30. The molecular formula is C18H21ClFN3. The highest BCUT2D eigenvalue weighted by Gasteiger charge is 2.24. The average Bonchev–Trinajstić information content (AvgIpc) is 2.57. The van der Waals surface area contributed by atoms with Gasteiger partial charge in [0.25, 0.3) is 0 Å². The van der Waals surface area contributed by atoms with Gasteiger partial charge in [-0.1, -0.05) is 23.7 Å². The van der Waals surface area contributed by atoms with Gasteiger partial charge >= 0.3 is 0 Å². The SMILES string of the molecule is NCC(c1cccc(Cl)c1)N1CCN(c2ccc(F)cc2)CC1. The van der Waals surface area contributed by atoms with Crippen LogP contribution in [0.2, 0.25) is 5.02 Å². The number of piperazine rings is 1. The summed E-state index contributed by atoms with van der Waals surface area (Å²) in [6.07, 6.45) is 0. The molecule has 1 heterocycles. The van der Waals surface area contributed by atoms with Crippen LogP contribution < -0.4 is 10.6 Å². The maximum Gasteiger partial charge on any atom is 0.123 e. The molecule has 0 saturated carbocycles. The maximum absolute atomic E-state index is 13.0. The average molecular weight is 334 g/mol. The van der Waals surface area contributed by atoms with Gasteiger partial charge in [-0.3, -0.25) is 4.90 Å². The van der Waals surface area contributed by atoms with E-state index >= 15 is 0 Å². The summed E-state index contributed by atoms with van der Waals surface area (Å²) in [5, 5.41) is 0.742. The second kappa shape index (κ2) is 7.30. The van der Waals surface area contributed by atoms with Gasteiger partial charge in [-0.15, -0.1) is 0 Å². The maximum atomic E-state index is 13.0. The summed E-state index contributed by atoms with van der Waals surface area (Å²) in [7, 11) is 0. The normalized spacial score (nSPS) is 17.3. The Morgan fingerprint density at radius 3 is 2.35 bits per heavy atom. The number of benzene rings is 2. The first-order valence-corrected chi connectivity index (χ1v) is 8.25. The zero-order valence-electron chi connectivity index (χ0n) is 13.0. The van der Waals surface area contributed by atoms with Crippen molar-refractivity contribution >= 4 is 17.3 Å². The summed E-state index contributed by atoms with van der Waals surface area (Å²) in [4.78, 5) is 4.67. The monoisotopic (exact) mass is 333 g/mol. The minimum Gasteiger partial charge on any atom is -0.369 e. The summed E-state index contributed by atoms with van der Waals surface area (Å²) in [6.45, 7) is 4.22. The van der Waals surface area contributed by atoms with E-state index in [9.17, 15) is 4.39 Å². The molecule has 2 aromatic carbocycles. The van der Waals surface area contributed by atoms with Crippen LogP contribution in [0.1, 0.15) is 11.6 Å². The van der Waals surface area contributed by atoms with E-state index in [-0.39, 0.29) is 11.9 Å². The largest absolute Gasteiger partial charge is 0.369 e. The Balaban J connectivity index is 1.66. The minimum atomic E-state index is -0.198. The molecule has 2 aromatic rings. The van der Waals surface area contributed by atoms with Gasteiger partial charge in [-0.05, 0) is 42.0 Å². The highest BCUT2D eigenvalue weighted by Crippen LogP contribution is 2.25. The summed E-state index contributed by atoms with van der Waals surface area (Å²) in [5.74, 6) is -0.198. The van der Waals surface area contributed by atoms with Crippen LogP contribution in [0.25, 0.3) is 0 Å². The second-order valence-electron chi connectivity index (χ2n) is 5.81. The summed E-state index contributed by atoms with van der Waals surface area (Å²) in [6, 6.07) is 14.8. The van der Waals surface area contributed by atoms with E-state index in [1.54, 1.807) is 0 Å². The summed E-state index contributed by atoms with van der Waals surface area (Å²) >= 11 is 6.10. The zero-order valence-corrected chi connectivity index (χ0v) is 13.7. The summed E-state index contributed by atoms with van der Waals surface area (Å²) in [5.41, 5.74) is 8.24. The van der Waals surface area contributed by atoms with Crippen LogP contribution in [0.15, 0.2) is 48.5 Å². The summed E-state index contributed by atoms with van der Waals surface area (Å²) < 4.78 is 13.0. The molecule has 1 unspecified atom stereocenters. The van der Waals surface area contributed by atoms with Gasteiger partial charge in [-0.2, -0.15) is 0 Å². The molecule has 0 aliphatic carbocycles. The Morgan fingerprint density at radius 2 is 1.74 bits per heavy atom. The van der Waals surface area contributed by atoms with Gasteiger partial charge in [-0.25, -0.2) is 4.39 Å². The molecule has 1 aliphatic rings. The molecule has 1 atom stereocenters. The number of hydrogen-bond acceptors (Lipinski definition) is 3. The van der Waals surface area contributed by atoms with Crippen molar-refractivity contribution < 1.29 is 4.39 Å². The Kier molecular flexibility index (Phi) is 5.16. The molecule has 0 aromatic heterocycles. The molecule has 0 radical (unpaired) electrons.